The lowest BCUT2D eigenvalue weighted by Gasteiger charge is -2.10. The molecular formula is C18H19N3O2S. The van der Waals surface area contributed by atoms with Crippen molar-refractivity contribution in [3.63, 3.8) is 0 Å². The number of aromatic amines is 1. The predicted octanol–water partition coefficient (Wildman–Crippen LogP) is 2.83. The minimum absolute atomic E-state index is 0.151. The molecule has 0 aliphatic heterocycles. The third kappa shape index (κ3) is 3.49. The van der Waals surface area contributed by atoms with Crippen LogP contribution in [0.5, 0.6) is 0 Å². The molecule has 0 aromatic carbocycles. The molecule has 24 heavy (non-hydrogen) atoms. The highest BCUT2D eigenvalue weighted by atomic mass is 32.1. The molecule has 0 unspecified atom stereocenters. The summed E-state index contributed by atoms with van der Waals surface area (Å²) in [5.74, 6) is -0.184. The van der Waals surface area contributed by atoms with E-state index in [-0.39, 0.29) is 18.0 Å². The average molecular weight is 341 g/mol. The molecular weight excluding hydrogens is 322 g/mol. The largest absolute Gasteiger partial charge is 0.346 e. The van der Waals surface area contributed by atoms with Crippen LogP contribution in [-0.2, 0) is 13.1 Å². The minimum Gasteiger partial charge on any atom is -0.346 e. The first kappa shape index (κ1) is 16.3. The highest BCUT2D eigenvalue weighted by molar-refractivity contribution is 7.09. The van der Waals surface area contributed by atoms with Gasteiger partial charge in [-0.25, -0.2) is 0 Å². The van der Waals surface area contributed by atoms with Crippen molar-refractivity contribution in [3.05, 3.63) is 79.7 Å². The number of nitrogens with zero attached hydrogens (tertiary/aromatic N) is 1. The Bertz CT molecular complexity index is 907. The molecule has 0 radical (unpaired) electrons. The molecule has 0 fully saturated rings. The van der Waals surface area contributed by atoms with Crippen LogP contribution >= 0.6 is 11.3 Å². The second kappa shape index (κ2) is 6.88. The number of pyridine rings is 1. The van der Waals surface area contributed by atoms with Crippen LogP contribution in [0.3, 0.4) is 0 Å². The van der Waals surface area contributed by atoms with Gasteiger partial charge in [0.1, 0.15) is 5.69 Å². The van der Waals surface area contributed by atoms with Gasteiger partial charge in [0.25, 0.3) is 11.5 Å². The molecule has 1 amide bonds. The Labute approximate surface area is 144 Å². The summed E-state index contributed by atoms with van der Waals surface area (Å²) in [6, 6.07) is 9.58. The molecule has 2 N–H and O–H groups in total. The number of amides is 1. The van der Waals surface area contributed by atoms with Gasteiger partial charge in [-0.1, -0.05) is 6.07 Å². The average Bonchev–Trinajstić information content (AvgIpc) is 3.18. The van der Waals surface area contributed by atoms with Gasteiger partial charge in [-0.05, 0) is 49.1 Å². The van der Waals surface area contributed by atoms with E-state index in [1.807, 2.05) is 54.3 Å². The van der Waals surface area contributed by atoms with Gasteiger partial charge in [-0.15, -0.1) is 11.3 Å². The molecule has 3 heterocycles. The number of carbonyl (C=O) groups excluding carboxylic acids is 1. The van der Waals surface area contributed by atoms with Gasteiger partial charge < -0.3 is 14.9 Å². The van der Waals surface area contributed by atoms with E-state index in [1.54, 1.807) is 17.4 Å². The molecule has 0 bridgehead atoms. The first-order valence-corrected chi connectivity index (χ1v) is 8.57. The molecule has 6 heteroatoms. The van der Waals surface area contributed by atoms with E-state index in [0.29, 0.717) is 17.8 Å². The van der Waals surface area contributed by atoms with Gasteiger partial charge in [0.05, 0.1) is 6.54 Å². The van der Waals surface area contributed by atoms with Crippen molar-refractivity contribution in [2.24, 2.45) is 0 Å². The van der Waals surface area contributed by atoms with Crippen LogP contribution in [0.25, 0.3) is 0 Å². The van der Waals surface area contributed by atoms with Crippen molar-refractivity contribution in [2.45, 2.75) is 26.9 Å². The van der Waals surface area contributed by atoms with Crippen molar-refractivity contribution in [1.29, 1.82) is 0 Å². The van der Waals surface area contributed by atoms with E-state index in [0.717, 1.165) is 11.3 Å². The zero-order chi connectivity index (χ0) is 17.1. The number of thiophene rings is 1. The van der Waals surface area contributed by atoms with Crippen LogP contribution in [0.1, 0.15) is 32.2 Å². The molecule has 0 spiro atoms. The molecule has 0 aliphatic rings. The fourth-order valence-electron chi connectivity index (χ4n) is 2.69. The van der Waals surface area contributed by atoms with Gasteiger partial charge in [0.2, 0.25) is 0 Å². The van der Waals surface area contributed by atoms with Crippen molar-refractivity contribution >= 4 is 17.2 Å². The Balaban J connectivity index is 1.73. The smallest absolute Gasteiger partial charge is 0.268 e. The summed E-state index contributed by atoms with van der Waals surface area (Å²) >= 11 is 1.66. The SMILES string of the molecule is Cc1cc(C)c(CNC(=O)c2cccn2Cc2cccs2)c(=O)[nH]1. The predicted molar refractivity (Wildman–Crippen MR) is 95.6 cm³/mol. The summed E-state index contributed by atoms with van der Waals surface area (Å²) in [5, 5.41) is 4.86. The van der Waals surface area contributed by atoms with E-state index < -0.39 is 0 Å². The monoisotopic (exact) mass is 341 g/mol. The standard InChI is InChI=1S/C18H19N3O2S/c1-12-9-13(2)20-17(22)15(12)10-19-18(23)16-6-3-7-21(16)11-14-5-4-8-24-14/h3-9H,10-11H2,1-2H3,(H,19,23)(H,20,22). The van der Waals surface area contributed by atoms with Gasteiger partial charge in [-0.3, -0.25) is 9.59 Å². The van der Waals surface area contributed by atoms with Crippen molar-refractivity contribution in [2.75, 3.05) is 0 Å². The summed E-state index contributed by atoms with van der Waals surface area (Å²) in [6.07, 6.45) is 1.89. The molecule has 0 saturated carbocycles. The number of hydrogen-bond donors (Lipinski definition) is 2. The summed E-state index contributed by atoms with van der Waals surface area (Å²) in [4.78, 5) is 28.5. The topological polar surface area (TPSA) is 66.9 Å². The van der Waals surface area contributed by atoms with E-state index in [1.165, 1.54) is 4.88 Å². The Kier molecular flexibility index (Phi) is 4.66. The van der Waals surface area contributed by atoms with Crippen LogP contribution in [0.4, 0.5) is 0 Å². The number of aryl methyl sites for hydroxylation is 2. The van der Waals surface area contributed by atoms with Crippen molar-refractivity contribution in [3.8, 4) is 0 Å². The number of rotatable bonds is 5. The Morgan fingerprint density at radius 1 is 1.29 bits per heavy atom. The zero-order valence-corrected chi connectivity index (χ0v) is 14.4. The molecule has 3 aromatic rings. The van der Waals surface area contributed by atoms with Crippen molar-refractivity contribution < 1.29 is 4.79 Å². The summed E-state index contributed by atoms with van der Waals surface area (Å²) in [5.41, 5.74) is 2.72. The second-order valence-electron chi connectivity index (χ2n) is 5.73. The van der Waals surface area contributed by atoms with Crippen LogP contribution < -0.4 is 10.9 Å². The van der Waals surface area contributed by atoms with E-state index in [2.05, 4.69) is 10.3 Å². The second-order valence-corrected chi connectivity index (χ2v) is 6.76. The van der Waals surface area contributed by atoms with Crippen LogP contribution in [0, 0.1) is 13.8 Å². The van der Waals surface area contributed by atoms with Crippen LogP contribution in [-0.4, -0.2) is 15.5 Å². The number of nitrogens with one attached hydrogen (secondary N) is 2. The first-order chi connectivity index (χ1) is 11.5. The van der Waals surface area contributed by atoms with Gasteiger partial charge in [0, 0.05) is 28.9 Å². The summed E-state index contributed by atoms with van der Waals surface area (Å²) in [7, 11) is 0. The van der Waals surface area contributed by atoms with E-state index in [4.69, 9.17) is 0 Å². The normalized spacial score (nSPS) is 10.8. The third-order valence-electron chi connectivity index (χ3n) is 3.89. The fraction of sp³-hybridized carbons (Fsp3) is 0.222. The first-order valence-electron chi connectivity index (χ1n) is 7.69. The maximum absolute atomic E-state index is 12.5. The van der Waals surface area contributed by atoms with Crippen LogP contribution in [0.2, 0.25) is 0 Å². The number of aromatic nitrogens is 2. The molecule has 0 saturated heterocycles. The zero-order valence-electron chi connectivity index (χ0n) is 13.6. The van der Waals surface area contributed by atoms with E-state index in [9.17, 15) is 9.59 Å². The Morgan fingerprint density at radius 2 is 2.12 bits per heavy atom. The molecule has 124 valence electrons. The number of carbonyl (C=O) groups is 1. The number of H-pyrrole nitrogens is 1. The van der Waals surface area contributed by atoms with E-state index >= 15 is 0 Å². The lowest BCUT2D eigenvalue weighted by atomic mass is 10.1. The maximum atomic E-state index is 12.5. The quantitative estimate of drug-likeness (QED) is 0.749. The minimum atomic E-state index is -0.184. The highest BCUT2D eigenvalue weighted by Crippen LogP contribution is 2.13. The van der Waals surface area contributed by atoms with Gasteiger partial charge in [0.15, 0.2) is 0 Å². The summed E-state index contributed by atoms with van der Waals surface area (Å²) in [6.45, 7) is 4.60. The lowest BCUT2D eigenvalue weighted by Crippen LogP contribution is -2.29. The van der Waals surface area contributed by atoms with Gasteiger partial charge >= 0.3 is 0 Å². The fourth-order valence-corrected chi connectivity index (χ4v) is 3.39. The molecule has 3 aromatic heterocycles. The lowest BCUT2D eigenvalue weighted by molar-refractivity contribution is 0.0942. The number of hydrogen-bond acceptors (Lipinski definition) is 3. The highest BCUT2D eigenvalue weighted by Gasteiger charge is 2.13. The summed E-state index contributed by atoms with van der Waals surface area (Å²) < 4.78 is 1.91. The third-order valence-corrected chi connectivity index (χ3v) is 4.75. The Morgan fingerprint density at radius 3 is 2.83 bits per heavy atom. The van der Waals surface area contributed by atoms with Crippen LogP contribution in [0.15, 0.2) is 46.7 Å². The Hall–Kier alpha value is -2.60. The molecule has 3 rings (SSSR count). The van der Waals surface area contributed by atoms with Gasteiger partial charge in [-0.2, -0.15) is 0 Å². The molecule has 0 aliphatic carbocycles. The van der Waals surface area contributed by atoms with Crippen molar-refractivity contribution in [1.82, 2.24) is 14.9 Å². The molecule has 0 atom stereocenters. The molecule has 5 nitrogen and oxygen atoms in total. The maximum Gasteiger partial charge on any atom is 0.268 e.